The molecule has 0 unspecified atom stereocenters. The maximum absolute atomic E-state index is 12.2. The normalized spacial score (nSPS) is 9.95. The molecule has 0 aromatic heterocycles. The van der Waals surface area contributed by atoms with E-state index in [1.54, 1.807) is 42.5 Å². The minimum atomic E-state index is -0.275. The first kappa shape index (κ1) is 14.2. The van der Waals surface area contributed by atoms with E-state index in [9.17, 15) is 4.79 Å². The summed E-state index contributed by atoms with van der Waals surface area (Å²) in [6.45, 7) is 0. The van der Waals surface area contributed by atoms with Crippen molar-refractivity contribution in [2.45, 2.75) is 0 Å². The van der Waals surface area contributed by atoms with Crippen molar-refractivity contribution in [2.75, 3.05) is 17.9 Å². The second kappa shape index (κ2) is 6.27. The van der Waals surface area contributed by atoms with E-state index in [0.29, 0.717) is 27.7 Å². The lowest BCUT2D eigenvalue weighted by atomic mass is 10.1. The van der Waals surface area contributed by atoms with Gasteiger partial charge < -0.3 is 15.5 Å². The number of rotatable bonds is 4. The molecule has 0 fully saturated rings. The van der Waals surface area contributed by atoms with Crippen LogP contribution in [0.3, 0.4) is 0 Å². The maximum atomic E-state index is 12.2. The largest absolute Gasteiger partial charge is 0.495 e. The molecule has 5 nitrogen and oxygen atoms in total. The number of nitrogens with one attached hydrogen (secondary N) is 2. The van der Waals surface area contributed by atoms with Gasteiger partial charge in [-0.15, -0.1) is 0 Å². The minimum Gasteiger partial charge on any atom is -0.495 e. The molecule has 0 aliphatic carbocycles. The number of carbonyl (C=O) groups is 1. The zero-order valence-corrected chi connectivity index (χ0v) is 11.6. The van der Waals surface area contributed by atoms with Gasteiger partial charge in [0, 0.05) is 11.8 Å². The second-order valence-electron chi connectivity index (χ2n) is 3.99. The van der Waals surface area contributed by atoms with Gasteiger partial charge in [0.15, 0.2) is 0 Å². The second-order valence-corrected chi connectivity index (χ2v) is 4.40. The minimum absolute atomic E-state index is 0.275. The molecule has 0 aliphatic heterocycles. The SMILES string of the molecule is COc1cc(NC(=O)c2ccccc2NN)ccc1Cl. The van der Waals surface area contributed by atoms with Gasteiger partial charge in [0.2, 0.25) is 0 Å². The molecule has 0 bridgehead atoms. The summed E-state index contributed by atoms with van der Waals surface area (Å²) >= 11 is 5.93. The monoisotopic (exact) mass is 291 g/mol. The number of anilines is 2. The van der Waals surface area contributed by atoms with E-state index in [1.165, 1.54) is 7.11 Å². The van der Waals surface area contributed by atoms with Crippen LogP contribution in [0, 0.1) is 0 Å². The molecule has 2 rings (SSSR count). The van der Waals surface area contributed by atoms with Crippen molar-refractivity contribution in [1.82, 2.24) is 0 Å². The number of nitrogens with two attached hydrogens (primary N) is 1. The topological polar surface area (TPSA) is 76.4 Å². The molecule has 2 aromatic carbocycles. The van der Waals surface area contributed by atoms with Crippen LogP contribution in [0.2, 0.25) is 5.02 Å². The summed E-state index contributed by atoms with van der Waals surface area (Å²) in [4.78, 5) is 12.2. The lowest BCUT2D eigenvalue weighted by Crippen LogP contribution is -2.17. The van der Waals surface area contributed by atoms with Crippen molar-refractivity contribution < 1.29 is 9.53 Å². The predicted octanol–water partition coefficient (Wildman–Crippen LogP) is 2.89. The first-order valence-corrected chi connectivity index (χ1v) is 6.24. The molecule has 6 heteroatoms. The summed E-state index contributed by atoms with van der Waals surface area (Å²) in [5, 5.41) is 3.24. The Kier molecular flexibility index (Phi) is 4.45. The van der Waals surface area contributed by atoms with Gasteiger partial charge in [0.1, 0.15) is 5.75 Å². The number of ether oxygens (including phenoxy) is 1. The Hall–Kier alpha value is -2.24. The zero-order chi connectivity index (χ0) is 14.5. The van der Waals surface area contributed by atoms with Crippen molar-refractivity contribution >= 4 is 28.9 Å². The highest BCUT2D eigenvalue weighted by molar-refractivity contribution is 6.32. The third kappa shape index (κ3) is 3.01. The van der Waals surface area contributed by atoms with E-state index in [-0.39, 0.29) is 5.91 Å². The summed E-state index contributed by atoms with van der Waals surface area (Å²) in [5.41, 5.74) is 4.07. The average Bonchev–Trinajstić information content (AvgIpc) is 2.49. The molecule has 0 atom stereocenters. The molecule has 20 heavy (non-hydrogen) atoms. The van der Waals surface area contributed by atoms with Gasteiger partial charge in [-0.1, -0.05) is 23.7 Å². The highest BCUT2D eigenvalue weighted by atomic mass is 35.5. The number of hydrazine groups is 1. The highest BCUT2D eigenvalue weighted by Gasteiger charge is 2.11. The third-order valence-electron chi connectivity index (χ3n) is 2.74. The molecule has 0 spiro atoms. The Morgan fingerprint density at radius 1 is 1.25 bits per heavy atom. The van der Waals surface area contributed by atoms with E-state index < -0.39 is 0 Å². The number of methoxy groups -OCH3 is 1. The van der Waals surface area contributed by atoms with Gasteiger partial charge in [0.25, 0.3) is 5.91 Å². The van der Waals surface area contributed by atoms with Crippen LogP contribution in [0.4, 0.5) is 11.4 Å². The zero-order valence-electron chi connectivity index (χ0n) is 10.8. The molecular formula is C14H14ClN3O2. The lowest BCUT2D eigenvalue weighted by molar-refractivity contribution is 0.102. The van der Waals surface area contributed by atoms with Crippen LogP contribution in [0.25, 0.3) is 0 Å². The molecule has 104 valence electrons. The van der Waals surface area contributed by atoms with Gasteiger partial charge in [-0.05, 0) is 24.3 Å². The van der Waals surface area contributed by atoms with E-state index >= 15 is 0 Å². The highest BCUT2D eigenvalue weighted by Crippen LogP contribution is 2.27. The van der Waals surface area contributed by atoms with E-state index in [2.05, 4.69) is 10.7 Å². The standard InChI is InChI=1S/C14H14ClN3O2/c1-20-13-8-9(6-7-11(13)15)17-14(19)10-4-2-3-5-12(10)18-16/h2-8,18H,16H2,1H3,(H,17,19). The number of para-hydroxylation sites is 1. The molecule has 0 saturated heterocycles. The summed E-state index contributed by atoms with van der Waals surface area (Å²) in [6, 6.07) is 12.0. The van der Waals surface area contributed by atoms with Crippen LogP contribution in [0.1, 0.15) is 10.4 Å². The molecule has 0 aliphatic rings. The molecule has 2 aromatic rings. The number of hydrogen-bond donors (Lipinski definition) is 3. The predicted molar refractivity (Wildman–Crippen MR) is 80.2 cm³/mol. The third-order valence-corrected chi connectivity index (χ3v) is 3.05. The Balaban J connectivity index is 2.23. The number of nitrogen functional groups attached to an aromatic ring is 1. The molecule has 0 radical (unpaired) electrons. The smallest absolute Gasteiger partial charge is 0.257 e. The number of halogens is 1. The summed E-state index contributed by atoms with van der Waals surface area (Å²) in [7, 11) is 1.51. The first-order chi connectivity index (χ1) is 9.65. The van der Waals surface area contributed by atoms with Crippen molar-refractivity contribution in [3.05, 3.63) is 53.1 Å². The Morgan fingerprint density at radius 2 is 2.00 bits per heavy atom. The van der Waals surface area contributed by atoms with Crippen molar-refractivity contribution in [2.24, 2.45) is 5.84 Å². The number of amides is 1. The van der Waals surface area contributed by atoms with Gasteiger partial charge in [0.05, 0.1) is 23.4 Å². The van der Waals surface area contributed by atoms with Gasteiger partial charge in [-0.2, -0.15) is 0 Å². The summed E-state index contributed by atoms with van der Waals surface area (Å²) in [6.07, 6.45) is 0. The number of hydrogen-bond acceptors (Lipinski definition) is 4. The van der Waals surface area contributed by atoms with Crippen LogP contribution >= 0.6 is 11.6 Å². The fraction of sp³-hybridized carbons (Fsp3) is 0.0714. The van der Waals surface area contributed by atoms with E-state index in [4.69, 9.17) is 22.2 Å². The molecule has 0 heterocycles. The molecular weight excluding hydrogens is 278 g/mol. The van der Waals surface area contributed by atoms with Crippen LogP contribution in [-0.4, -0.2) is 13.0 Å². The Morgan fingerprint density at radius 3 is 2.70 bits per heavy atom. The van der Waals surface area contributed by atoms with Crippen molar-refractivity contribution in [3.8, 4) is 5.75 Å². The van der Waals surface area contributed by atoms with E-state index in [1.807, 2.05) is 0 Å². The lowest BCUT2D eigenvalue weighted by Gasteiger charge is -2.11. The number of carbonyl (C=O) groups excluding carboxylic acids is 1. The van der Waals surface area contributed by atoms with E-state index in [0.717, 1.165) is 0 Å². The first-order valence-electron chi connectivity index (χ1n) is 5.86. The van der Waals surface area contributed by atoms with Crippen LogP contribution in [0.15, 0.2) is 42.5 Å². The number of benzene rings is 2. The van der Waals surface area contributed by atoms with Crippen LogP contribution < -0.4 is 21.3 Å². The van der Waals surface area contributed by atoms with Crippen LogP contribution in [-0.2, 0) is 0 Å². The maximum Gasteiger partial charge on any atom is 0.257 e. The summed E-state index contributed by atoms with van der Waals surface area (Å²) < 4.78 is 5.10. The molecule has 4 N–H and O–H groups in total. The van der Waals surface area contributed by atoms with Crippen molar-refractivity contribution in [1.29, 1.82) is 0 Å². The van der Waals surface area contributed by atoms with Crippen LogP contribution in [0.5, 0.6) is 5.75 Å². The van der Waals surface area contributed by atoms with Gasteiger partial charge >= 0.3 is 0 Å². The Bertz CT molecular complexity index is 632. The Labute approximate surface area is 121 Å². The molecule has 0 saturated carbocycles. The fourth-order valence-corrected chi connectivity index (χ4v) is 1.94. The van der Waals surface area contributed by atoms with Crippen molar-refractivity contribution in [3.63, 3.8) is 0 Å². The summed E-state index contributed by atoms with van der Waals surface area (Å²) in [5.74, 6) is 5.60. The fourth-order valence-electron chi connectivity index (χ4n) is 1.74. The van der Waals surface area contributed by atoms with Gasteiger partial charge in [-0.25, -0.2) is 0 Å². The van der Waals surface area contributed by atoms with Gasteiger partial charge in [-0.3, -0.25) is 10.6 Å². The average molecular weight is 292 g/mol. The quantitative estimate of drug-likeness (QED) is 0.598. The molecule has 1 amide bonds.